The molecule has 0 atom stereocenters. The smallest absolute Gasteiger partial charge is 0.409 e. The Bertz CT molecular complexity index is 528. The minimum absolute atomic E-state index is 0.160. The summed E-state index contributed by atoms with van der Waals surface area (Å²) in [6.45, 7) is 13.4. The van der Waals surface area contributed by atoms with Crippen LogP contribution in [0.25, 0.3) is 0 Å². The van der Waals surface area contributed by atoms with Crippen molar-refractivity contribution in [1.29, 1.82) is 0 Å². The highest BCUT2D eigenvalue weighted by atomic mass is 16.6. The zero-order chi connectivity index (χ0) is 16.8. The topological polar surface area (TPSA) is 32.8 Å². The SMILES string of the molecule is Cc1ccc(C)c(CN2CCCN(C(=O)OCC(C)C)CC2)c1. The third-order valence-corrected chi connectivity index (χ3v) is 4.29. The van der Waals surface area contributed by atoms with E-state index in [-0.39, 0.29) is 6.09 Å². The quantitative estimate of drug-likeness (QED) is 0.850. The molecule has 1 saturated heterocycles. The molecule has 1 fully saturated rings. The average Bonchev–Trinajstić information content (AvgIpc) is 2.74. The molecule has 0 aromatic heterocycles. The summed E-state index contributed by atoms with van der Waals surface area (Å²) >= 11 is 0. The predicted octanol–water partition coefficient (Wildman–Crippen LogP) is 3.60. The monoisotopic (exact) mass is 318 g/mol. The van der Waals surface area contributed by atoms with Crippen molar-refractivity contribution in [3.05, 3.63) is 34.9 Å². The summed E-state index contributed by atoms with van der Waals surface area (Å²) in [5, 5.41) is 0. The van der Waals surface area contributed by atoms with E-state index in [0.717, 1.165) is 39.1 Å². The van der Waals surface area contributed by atoms with E-state index in [1.165, 1.54) is 16.7 Å². The first kappa shape index (κ1) is 17.8. The molecular weight excluding hydrogens is 288 g/mol. The van der Waals surface area contributed by atoms with E-state index in [1.807, 2.05) is 4.90 Å². The van der Waals surface area contributed by atoms with Gasteiger partial charge in [-0.25, -0.2) is 4.79 Å². The largest absolute Gasteiger partial charge is 0.449 e. The number of hydrogen-bond donors (Lipinski definition) is 0. The van der Waals surface area contributed by atoms with E-state index in [4.69, 9.17) is 4.74 Å². The summed E-state index contributed by atoms with van der Waals surface area (Å²) in [6, 6.07) is 6.63. The summed E-state index contributed by atoms with van der Waals surface area (Å²) in [5.74, 6) is 0.381. The maximum Gasteiger partial charge on any atom is 0.409 e. The molecule has 23 heavy (non-hydrogen) atoms. The molecule has 1 aromatic rings. The molecule has 0 spiro atoms. The Labute approximate surface area is 140 Å². The second-order valence-corrected chi connectivity index (χ2v) is 7.02. The normalized spacial score (nSPS) is 16.5. The van der Waals surface area contributed by atoms with Gasteiger partial charge in [-0.2, -0.15) is 0 Å². The third kappa shape index (κ3) is 5.54. The van der Waals surface area contributed by atoms with Crippen LogP contribution in [0.1, 0.15) is 37.0 Å². The minimum atomic E-state index is -0.160. The number of benzene rings is 1. The fourth-order valence-electron chi connectivity index (χ4n) is 2.85. The average molecular weight is 318 g/mol. The van der Waals surface area contributed by atoms with E-state index >= 15 is 0 Å². The number of aryl methyl sites for hydroxylation is 2. The van der Waals surface area contributed by atoms with Gasteiger partial charge in [-0.05, 0) is 37.3 Å². The Morgan fingerprint density at radius 3 is 2.70 bits per heavy atom. The number of hydrogen-bond acceptors (Lipinski definition) is 3. The van der Waals surface area contributed by atoms with Crippen LogP contribution in [0.2, 0.25) is 0 Å². The molecule has 0 unspecified atom stereocenters. The number of carbonyl (C=O) groups is 1. The highest BCUT2D eigenvalue weighted by Gasteiger charge is 2.20. The summed E-state index contributed by atoms with van der Waals surface area (Å²) in [4.78, 5) is 16.4. The Hall–Kier alpha value is -1.55. The molecule has 0 radical (unpaired) electrons. The number of rotatable bonds is 4. The van der Waals surface area contributed by atoms with Gasteiger partial charge in [0.25, 0.3) is 0 Å². The maximum absolute atomic E-state index is 12.1. The number of amides is 1. The zero-order valence-corrected chi connectivity index (χ0v) is 15.0. The molecular formula is C19H30N2O2. The number of carbonyl (C=O) groups excluding carboxylic acids is 1. The van der Waals surface area contributed by atoms with Crippen LogP contribution < -0.4 is 0 Å². The molecule has 1 aliphatic heterocycles. The molecule has 1 aromatic carbocycles. The first-order chi connectivity index (χ1) is 11.0. The summed E-state index contributed by atoms with van der Waals surface area (Å²) in [6.07, 6.45) is 0.842. The van der Waals surface area contributed by atoms with E-state index in [1.54, 1.807) is 0 Å². The van der Waals surface area contributed by atoms with Gasteiger partial charge in [-0.15, -0.1) is 0 Å². The first-order valence-electron chi connectivity index (χ1n) is 8.66. The van der Waals surface area contributed by atoms with Crippen LogP contribution in [0.15, 0.2) is 18.2 Å². The minimum Gasteiger partial charge on any atom is -0.449 e. The van der Waals surface area contributed by atoms with Gasteiger partial charge in [-0.1, -0.05) is 37.6 Å². The molecule has 1 heterocycles. The van der Waals surface area contributed by atoms with E-state index < -0.39 is 0 Å². The fourth-order valence-corrected chi connectivity index (χ4v) is 2.85. The lowest BCUT2D eigenvalue weighted by atomic mass is 10.1. The van der Waals surface area contributed by atoms with Gasteiger partial charge < -0.3 is 9.64 Å². The highest BCUT2D eigenvalue weighted by Crippen LogP contribution is 2.15. The van der Waals surface area contributed by atoms with Crippen LogP contribution in [-0.2, 0) is 11.3 Å². The van der Waals surface area contributed by atoms with Crippen LogP contribution in [0.4, 0.5) is 4.79 Å². The van der Waals surface area contributed by atoms with Crippen LogP contribution in [-0.4, -0.2) is 48.7 Å². The molecule has 0 aliphatic carbocycles. The predicted molar refractivity (Wildman–Crippen MR) is 93.6 cm³/mol. The van der Waals surface area contributed by atoms with Gasteiger partial charge in [-0.3, -0.25) is 4.90 Å². The van der Waals surface area contributed by atoms with Crippen LogP contribution >= 0.6 is 0 Å². The summed E-state index contributed by atoms with van der Waals surface area (Å²) < 4.78 is 5.36. The van der Waals surface area contributed by atoms with Gasteiger partial charge in [0.2, 0.25) is 0 Å². The fraction of sp³-hybridized carbons (Fsp3) is 0.632. The molecule has 0 N–H and O–H groups in total. The lowest BCUT2D eigenvalue weighted by Gasteiger charge is -2.22. The molecule has 0 saturated carbocycles. The molecule has 0 bridgehead atoms. The van der Waals surface area contributed by atoms with Crippen molar-refractivity contribution in [2.45, 2.75) is 40.7 Å². The number of ether oxygens (including phenoxy) is 1. The van der Waals surface area contributed by atoms with Crippen molar-refractivity contribution in [3.63, 3.8) is 0 Å². The van der Waals surface area contributed by atoms with Gasteiger partial charge in [0.1, 0.15) is 0 Å². The van der Waals surface area contributed by atoms with Crippen molar-refractivity contribution in [2.24, 2.45) is 5.92 Å². The molecule has 4 heteroatoms. The molecule has 4 nitrogen and oxygen atoms in total. The van der Waals surface area contributed by atoms with E-state index in [9.17, 15) is 4.79 Å². The Morgan fingerprint density at radius 1 is 1.17 bits per heavy atom. The van der Waals surface area contributed by atoms with E-state index in [2.05, 4.69) is 50.8 Å². The molecule has 2 rings (SSSR count). The van der Waals surface area contributed by atoms with Crippen molar-refractivity contribution in [2.75, 3.05) is 32.8 Å². The maximum atomic E-state index is 12.1. The van der Waals surface area contributed by atoms with Crippen LogP contribution in [0, 0.1) is 19.8 Å². The number of nitrogens with zero attached hydrogens (tertiary/aromatic N) is 2. The van der Waals surface area contributed by atoms with Crippen molar-refractivity contribution >= 4 is 6.09 Å². The Kier molecular flexibility index (Phi) is 6.46. The van der Waals surface area contributed by atoms with Gasteiger partial charge in [0, 0.05) is 32.7 Å². The van der Waals surface area contributed by atoms with Gasteiger partial charge in [0.15, 0.2) is 0 Å². The highest BCUT2D eigenvalue weighted by molar-refractivity contribution is 5.67. The Balaban J connectivity index is 1.88. The van der Waals surface area contributed by atoms with Gasteiger partial charge in [0.05, 0.1) is 6.61 Å². The molecule has 128 valence electrons. The summed E-state index contributed by atoms with van der Waals surface area (Å²) in [5.41, 5.74) is 4.04. The second-order valence-electron chi connectivity index (χ2n) is 7.02. The molecule has 1 aliphatic rings. The van der Waals surface area contributed by atoms with Crippen molar-refractivity contribution in [1.82, 2.24) is 9.80 Å². The van der Waals surface area contributed by atoms with Gasteiger partial charge >= 0.3 is 6.09 Å². The third-order valence-electron chi connectivity index (χ3n) is 4.29. The van der Waals surface area contributed by atoms with Crippen molar-refractivity contribution < 1.29 is 9.53 Å². The first-order valence-corrected chi connectivity index (χ1v) is 8.66. The second kappa shape index (κ2) is 8.34. The van der Waals surface area contributed by atoms with E-state index in [0.29, 0.717) is 12.5 Å². The standard InChI is InChI=1S/C19H30N2O2/c1-15(2)14-23-19(22)21-9-5-8-20(10-11-21)13-18-12-16(3)6-7-17(18)4/h6-7,12,15H,5,8-11,13-14H2,1-4H3. The van der Waals surface area contributed by atoms with Crippen LogP contribution in [0.5, 0.6) is 0 Å². The lowest BCUT2D eigenvalue weighted by molar-refractivity contribution is 0.0930. The van der Waals surface area contributed by atoms with Crippen LogP contribution in [0.3, 0.4) is 0 Å². The Morgan fingerprint density at radius 2 is 1.96 bits per heavy atom. The van der Waals surface area contributed by atoms with Crippen molar-refractivity contribution in [3.8, 4) is 0 Å². The zero-order valence-electron chi connectivity index (χ0n) is 15.0. The molecule has 1 amide bonds. The lowest BCUT2D eigenvalue weighted by Crippen LogP contribution is -2.36. The summed E-state index contributed by atoms with van der Waals surface area (Å²) in [7, 11) is 0.